The molecular weight excluding hydrogens is 412 g/mol. The molecule has 0 bridgehead atoms. The van der Waals surface area contributed by atoms with Crippen LogP contribution in [0.4, 0.5) is 5.82 Å². The number of rotatable bonds is 7. The Labute approximate surface area is 195 Å². The molecular formula is C26H32N6O. The van der Waals surface area contributed by atoms with Crippen LogP contribution in [0, 0.1) is 6.92 Å². The van der Waals surface area contributed by atoms with Crippen molar-refractivity contribution in [2.45, 2.75) is 57.9 Å². The Morgan fingerprint density at radius 2 is 2.03 bits per heavy atom. The van der Waals surface area contributed by atoms with Gasteiger partial charge in [-0.05, 0) is 51.1 Å². The summed E-state index contributed by atoms with van der Waals surface area (Å²) in [5, 5.41) is 0. The van der Waals surface area contributed by atoms with E-state index in [0.717, 1.165) is 80.5 Å². The lowest BCUT2D eigenvalue weighted by Crippen LogP contribution is -2.39. The van der Waals surface area contributed by atoms with Gasteiger partial charge in [-0.3, -0.25) is 14.6 Å². The third-order valence-corrected chi connectivity index (χ3v) is 6.84. The Morgan fingerprint density at radius 3 is 2.85 bits per heavy atom. The largest absolute Gasteiger partial charge is 0.348 e. The first kappa shape index (κ1) is 21.8. The number of hydrogen-bond acceptors (Lipinski definition) is 5. The molecule has 4 heterocycles. The zero-order chi connectivity index (χ0) is 22.6. The van der Waals surface area contributed by atoms with Gasteiger partial charge >= 0.3 is 0 Å². The van der Waals surface area contributed by atoms with Crippen molar-refractivity contribution in [2.24, 2.45) is 0 Å². The van der Waals surface area contributed by atoms with E-state index in [9.17, 15) is 4.79 Å². The summed E-state index contributed by atoms with van der Waals surface area (Å²) in [6.45, 7) is 5.57. The average molecular weight is 445 g/mol. The van der Waals surface area contributed by atoms with Crippen LogP contribution < -0.4 is 4.90 Å². The van der Waals surface area contributed by atoms with Crippen molar-refractivity contribution in [3.8, 4) is 0 Å². The molecule has 1 aromatic carbocycles. The second-order valence-corrected chi connectivity index (χ2v) is 9.21. The second kappa shape index (κ2) is 9.83. The van der Waals surface area contributed by atoms with Crippen molar-refractivity contribution in [2.75, 3.05) is 24.5 Å². The topological polar surface area (TPSA) is 78.0 Å². The Hall–Kier alpha value is -3.06. The molecule has 0 aliphatic carbocycles. The van der Waals surface area contributed by atoms with Crippen molar-refractivity contribution < 1.29 is 4.79 Å². The Balaban J connectivity index is 1.33. The first-order chi connectivity index (χ1) is 16.2. The van der Waals surface area contributed by atoms with E-state index in [1.807, 2.05) is 17.2 Å². The van der Waals surface area contributed by atoms with Crippen molar-refractivity contribution in [3.63, 3.8) is 0 Å². The number of benzene rings is 1. The second-order valence-electron chi connectivity index (χ2n) is 9.21. The van der Waals surface area contributed by atoms with Crippen LogP contribution >= 0.6 is 0 Å². The summed E-state index contributed by atoms with van der Waals surface area (Å²) in [7, 11) is 0. The number of nitrogens with zero attached hydrogens (tertiary/aromatic N) is 5. The van der Waals surface area contributed by atoms with Gasteiger partial charge in [0.2, 0.25) is 5.91 Å². The molecule has 2 aromatic heterocycles. The number of piperidine rings is 1. The average Bonchev–Trinajstić information content (AvgIpc) is 3.34. The fourth-order valence-corrected chi connectivity index (χ4v) is 5.11. The number of carbonyl (C=O) groups excluding carboxylic acids is 1. The highest BCUT2D eigenvalue weighted by Crippen LogP contribution is 2.32. The number of anilines is 1. The lowest BCUT2D eigenvalue weighted by molar-refractivity contribution is -0.119. The number of aryl methyl sites for hydroxylation is 2. The van der Waals surface area contributed by atoms with Gasteiger partial charge in [0.05, 0.1) is 6.54 Å². The predicted molar refractivity (Wildman–Crippen MR) is 128 cm³/mol. The van der Waals surface area contributed by atoms with Crippen LogP contribution in [0.3, 0.4) is 0 Å². The highest BCUT2D eigenvalue weighted by atomic mass is 16.2. The SMILES string of the molecule is Cc1nc([C@@H]2CCCN(Cc3ncc[nH]3)C2)nc2c1CCC(=O)N2CCCc1ccccc1. The van der Waals surface area contributed by atoms with Crippen LogP contribution in [-0.2, 0) is 24.2 Å². The first-order valence-electron chi connectivity index (χ1n) is 12.1. The summed E-state index contributed by atoms with van der Waals surface area (Å²) in [4.78, 5) is 34.8. The number of aromatic amines is 1. The van der Waals surface area contributed by atoms with Crippen molar-refractivity contribution in [3.05, 3.63) is 71.2 Å². The van der Waals surface area contributed by atoms with E-state index in [0.29, 0.717) is 13.0 Å². The molecule has 0 radical (unpaired) electrons. The van der Waals surface area contributed by atoms with E-state index < -0.39 is 0 Å². The molecule has 1 fully saturated rings. The molecule has 1 atom stereocenters. The number of fused-ring (bicyclic) bond motifs is 1. The van der Waals surface area contributed by atoms with Crippen LogP contribution in [0.25, 0.3) is 0 Å². The normalized spacial score (nSPS) is 19.0. The fourth-order valence-electron chi connectivity index (χ4n) is 5.11. The number of hydrogen-bond donors (Lipinski definition) is 1. The van der Waals surface area contributed by atoms with Gasteiger partial charge in [-0.25, -0.2) is 15.0 Å². The number of likely N-dealkylation sites (tertiary alicyclic amines) is 1. The first-order valence-corrected chi connectivity index (χ1v) is 12.1. The third kappa shape index (κ3) is 4.98. The van der Waals surface area contributed by atoms with E-state index in [2.05, 4.69) is 46.1 Å². The number of H-pyrrole nitrogens is 1. The maximum Gasteiger partial charge on any atom is 0.228 e. The van der Waals surface area contributed by atoms with Crippen LogP contribution in [0.5, 0.6) is 0 Å². The Kier molecular flexibility index (Phi) is 6.48. The van der Waals surface area contributed by atoms with Gasteiger partial charge in [0.25, 0.3) is 0 Å². The Bertz CT molecular complexity index is 1080. The summed E-state index contributed by atoms with van der Waals surface area (Å²) >= 11 is 0. The zero-order valence-corrected chi connectivity index (χ0v) is 19.3. The summed E-state index contributed by atoms with van der Waals surface area (Å²) in [6, 6.07) is 10.5. The molecule has 1 saturated heterocycles. The third-order valence-electron chi connectivity index (χ3n) is 6.84. The van der Waals surface area contributed by atoms with Gasteiger partial charge in [0, 0.05) is 49.1 Å². The molecule has 3 aromatic rings. The standard InChI is InChI=1S/C26H32N6O/c1-19-22-11-12-24(33)32(16-5-9-20-7-3-2-4-8-20)26(22)30-25(29-19)21-10-6-15-31(17-21)18-23-27-13-14-28-23/h2-4,7-8,13-14,21H,5-6,9-12,15-18H2,1H3,(H,27,28)/t21-/m1/s1. The van der Waals surface area contributed by atoms with Gasteiger partial charge < -0.3 is 4.98 Å². The quantitative estimate of drug-likeness (QED) is 0.600. The van der Waals surface area contributed by atoms with E-state index in [1.165, 1.54) is 5.56 Å². The summed E-state index contributed by atoms with van der Waals surface area (Å²) in [5.41, 5.74) is 3.47. The molecule has 0 unspecified atom stereocenters. The minimum absolute atomic E-state index is 0.183. The van der Waals surface area contributed by atoms with Crippen LogP contribution in [0.15, 0.2) is 42.7 Å². The summed E-state index contributed by atoms with van der Waals surface area (Å²) in [6.07, 6.45) is 9.04. The summed E-state index contributed by atoms with van der Waals surface area (Å²) < 4.78 is 0. The maximum absolute atomic E-state index is 12.9. The zero-order valence-electron chi connectivity index (χ0n) is 19.3. The smallest absolute Gasteiger partial charge is 0.228 e. The lowest BCUT2D eigenvalue weighted by Gasteiger charge is -2.33. The molecule has 0 saturated carbocycles. The highest BCUT2D eigenvalue weighted by Gasteiger charge is 2.30. The van der Waals surface area contributed by atoms with E-state index in [4.69, 9.17) is 9.97 Å². The predicted octanol–water partition coefficient (Wildman–Crippen LogP) is 3.80. The van der Waals surface area contributed by atoms with Crippen LogP contribution in [0.2, 0.25) is 0 Å². The molecule has 2 aliphatic heterocycles. The van der Waals surface area contributed by atoms with Gasteiger partial charge in [-0.1, -0.05) is 30.3 Å². The number of aromatic nitrogens is 4. The van der Waals surface area contributed by atoms with Crippen molar-refractivity contribution in [1.82, 2.24) is 24.8 Å². The monoisotopic (exact) mass is 444 g/mol. The van der Waals surface area contributed by atoms with Crippen molar-refractivity contribution >= 4 is 11.7 Å². The lowest BCUT2D eigenvalue weighted by atomic mass is 9.96. The van der Waals surface area contributed by atoms with Gasteiger partial charge in [-0.2, -0.15) is 0 Å². The summed E-state index contributed by atoms with van der Waals surface area (Å²) in [5.74, 6) is 3.19. The fraction of sp³-hybridized carbons (Fsp3) is 0.462. The van der Waals surface area contributed by atoms with Crippen molar-refractivity contribution in [1.29, 1.82) is 0 Å². The number of nitrogens with one attached hydrogen (secondary N) is 1. The van der Waals surface area contributed by atoms with Gasteiger partial charge in [0.15, 0.2) is 0 Å². The minimum Gasteiger partial charge on any atom is -0.348 e. The van der Waals surface area contributed by atoms with Crippen LogP contribution in [-0.4, -0.2) is 50.4 Å². The van der Waals surface area contributed by atoms with E-state index in [1.54, 1.807) is 6.20 Å². The maximum atomic E-state index is 12.9. The molecule has 2 aliphatic rings. The van der Waals surface area contributed by atoms with E-state index in [-0.39, 0.29) is 11.8 Å². The van der Waals surface area contributed by atoms with Crippen LogP contribution in [0.1, 0.15) is 60.1 Å². The highest BCUT2D eigenvalue weighted by molar-refractivity contribution is 5.95. The number of imidazole rings is 1. The minimum atomic E-state index is 0.183. The molecule has 1 amide bonds. The van der Waals surface area contributed by atoms with Gasteiger partial charge in [-0.15, -0.1) is 0 Å². The number of carbonyl (C=O) groups is 1. The number of amides is 1. The molecule has 172 valence electrons. The molecule has 5 rings (SSSR count). The van der Waals surface area contributed by atoms with Gasteiger partial charge in [0.1, 0.15) is 17.5 Å². The molecule has 7 heteroatoms. The molecule has 0 spiro atoms. The van der Waals surface area contributed by atoms with E-state index >= 15 is 0 Å². The molecule has 33 heavy (non-hydrogen) atoms. The molecule has 1 N–H and O–H groups in total. The Morgan fingerprint density at radius 1 is 1.15 bits per heavy atom. The molecule has 7 nitrogen and oxygen atoms in total.